The SMILES string of the molecule is O=C(NCCC1=CCCCC1)c1cccc(-c2ccc(N3CCOCC3)nn2)c1. The van der Waals surface area contributed by atoms with Gasteiger partial charge in [0.05, 0.1) is 18.9 Å². The minimum Gasteiger partial charge on any atom is -0.378 e. The van der Waals surface area contributed by atoms with Crippen LogP contribution in [-0.4, -0.2) is 49.0 Å². The number of benzene rings is 1. The van der Waals surface area contributed by atoms with Crippen molar-refractivity contribution < 1.29 is 9.53 Å². The van der Waals surface area contributed by atoms with Crippen molar-refractivity contribution in [3.05, 3.63) is 53.6 Å². The van der Waals surface area contributed by atoms with Crippen molar-refractivity contribution in [3.63, 3.8) is 0 Å². The van der Waals surface area contributed by atoms with Crippen LogP contribution < -0.4 is 10.2 Å². The van der Waals surface area contributed by atoms with Crippen LogP contribution in [0.1, 0.15) is 42.5 Å². The molecule has 0 radical (unpaired) electrons. The molecule has 0 saturated carbocycles. The van der Waals surface area contributed by atoms with Gasteiger partial charge in [-0.2, -0.15) is 0 Å². The summed E-state index contributed by atoms with van der Waals surface area (Å²) in [7, 11) is 0. The van der Waals surface area contributed by atoms with Gasteiger partial charge in [-0.1, -0.05) is 23.8 Å². The second-order valence-corrected chi connectivity index (χ2v) is 7.57. The van der Waals surface area contributed by atoms with Crippen LogP contribution >= 0.6 is 0 Å². The van der Waals surface area contributed by atoms with E-state index in [-0.39, 0.29) is 5.91 Å². The fourth-order valence-electron chi connectivity index (χ4n) is 3.83. The lowest BCUT2D eigenvalue weighted by molar-refractivity contribution is 0.0954. The van der Waals surface area contributed by atoms with Crippen LogP contribution in [0.15, 0.2) is 48.0 Å². The molecule has 0 unspecified atom stereocenters. The van der Waals surface area contributed by atoms with Crippen molar-refractivity contribution in [1.29, 1.82) is 0 Å². The topological polar surface area (TPSA) is 67.4 Å². The van der Waals surface area contributed by atoms with Crippen molar-refractivity contribution in [2.75, 3.05) is 37.7 Å². The third-order valence-corrected chi connectivity index (χ3v) is 5.52. The maximum absolute atomic E-state index is 12.5. The molecule has 1 saturated heterocycles. The summed E-state index contributed by atoms with van der Waals surface area (Å²) < 4.78 is 5.38. The van der Waals surface area contributed by atoms with Gasteiger partial charge in [0.15, 0.2) is 5.82 Å². The highest BCUT2D eigenvalue weighted by atomic mass is 16.5. The number of morpholine rings is 1. The van der Waals surface area contributed by atoms with Crippen LogP contribution in [0.2, 0.25) is 0 Å². The fourth-order valence-corrected chi connectivity index (χ4v) is 3.83. The first-order valence-electron chi connectivity index (χ1n) is 10.5. The first kappa shape index (κ1) is 19.6. The molecule has 0 atom stereocenters. The van der Waals surface area contributed by atoms with Crippen molar-refractivity contribution in [3.8, 4) is 11.3 Å². The molecule has 2 aromatic rings. The van der Waals surface area contributed by atoms with Crippen LogP contribution in [0.5, 0.6) is 0 Å². The van der Waals surface area contributed by atoms with E-state index in [0.29, 0.717) is 12.1 Å². The number of nitrogens with one attached hydrogen (secondary N) is 1. The van der Waals surface area contributed by atoms with Gasteiger partial charge in [0.2, 0.25) is 0 Å². The molecule has 1 aliphatic heterocycles. The third-order valence-electron chi connectivity index (χ3n) is 5.52. The molecule has 2 heterocycles. The van der Waals surface area contributed by atoms with Gasteiger partial charge in [-0.05, 0) is 56.4 Å². The highest BCUT2D eigenvalue weighted by Gasteiger charge is 2.14. The lowest BCUT2D eigenvalue weighted by Crippen LogP contribution is -2.36. The van der Waals surface area contributed by atoms with E-state index >= 15 is 0 Å². The van der Waals surface area contributed by atoms with Gasteiger partial charge in [-0.25, -0.2) is 0 Å². The zero-order valence-corrected chi connectivity index (χ0v) is 16.8. The number of hydrogen-bond donors (Lipinski definition) is 1. The molecule has 152 valence electrons. The molecule has 29 heavy (non-hydrogen) atoms. The third kappa shape index (κ3) is 5.21. The van der Waals surface area contributed by atoms with Crippen LogP contribution in [0.25, 0.3) is 11.3 Å². The second kappa shape index (κ2) is 9.65. The Kier molecular flexibility index (Phi) is 6.52. The molecule has 1 aromatic carbocycles. The lowest BCUT2D eigenvalue weighted by Gasteiger charge is -2.27. The molecule has 1 N–H and O–H groups in total. The maximum Gasteiger partial charge on any atom is 0.251 e. The molecule has 1 aliphatic carbocycles. The van der Waals surface area contributed by atoms with Gasteiger partial charge in [0, 0.05) is 30.8 Å². The van der Waals surface area contributed by atoms with E-state index in [4.69, 9.17) is 4.74 Å². The van der Waals surface area contributed by atoms with E-state index in [9.17, 15) is 4.79 Å². The molecule has 1 fully saturated rings. The minimum absolute atomic E-state index is 0.0406. The maximum atomic E-state index is 12.5. The van der Waals surface area contributed by atoms with Crippen molar-refractivity contribution >= 4 is 11.7 Å². The average Bonchev–Trinajstić information content (AvgIpc) is 2.80. The quantitative estimate of drug-likeness (QED) is 0.761. The number of rotatable bonds is 6. The van der Waals surface area contributed by atoms with Crippen molar-refractivity contribution in [2.24, 2.45) is 0 Å². The fraction of sp³-hybridized carbons (Fsp3) is 0.435. The standard InChI is InChI=1S/C23H28N4O2/c28-23(24-12-11-18-5-2-1-3-6-18)20-8-4-7-19(17-20)21-9-10-22(26-25-21)27-13-15-29-16-14-27/h4-5,7-10,17H,1-3,6,11-16H2,(H,24,28). The highest BCUT2D eigenvalue weighted by Crippen LogP contribution is 2.21. The molecule has 0 spiro atoms. The van der Waals surface area contributed by atoms with Crippen LogP contribution in [0, 0.1) is 0 Å². The Bertz CT molecular complexity index is 857. The van der Waals surface area contributed by atoms with E-state index in [1.807, 2.05) is 36.4 Å². The number of ether oxygens (including phenoxy) is 1. The predicted octanol–water partition coefficient (Wildman–Crippen LogP) is 3.60. The summed E-state index contributed by atoms with van der Waals surface area (Å²) >= 11 is 0. The summed E-state index contributed by atoms with van der Waals surface area (Å²) in [4.78, 5) is 14.7. The van der Waals surface area contributed by atoms with Crippen molar-refractivity contribution in [1.82, 2.24) is 15.5 Å². The van der Waals surface area contributed by atoms with Crippen LogP contribution in [-0.2, 0) is 4.74 Å². The van der Waals surface area contributed by atoms with Gasteiger partial charge in [-0.15, -0.1) is 10.2 Å². The lowest BCUT2D eigenvalue weighted by atomic mass is 9.97. The number of aromatic nitrogens is 2. The number of carbonyl (C=O) groups excluding carboxylic acids is 1. The highest BCUT2D eigenvalue weighted by molar-refractivity contribution is 5.95. The van der Waals surface area contributed by atoms with Crippen LogP contribution in [0.4, 0.5) is 5.82 Å². The number of carbonyl (C=O) groups is 1. The smallest absolute Gasteiger partial charge is 0.251 e. The van der Waals surface area contributed by atoms with Gasteiger partial charge in [0.25, 0.3) is 5.91 Å². The number of nitrogens with zero attached hydrogens (tertiary/aromatic N) is 3. The molecule has 1 aromatic heterocycles. The summed E-state index contributed by atoms with van der Waals surface area (Å²) in [5.74, 6) is 0.823. The Hall–Kier alpha value is -2.73. The number of anilines is 1. The summed E-state index contributed by atoms with van der Waals surface area (Å²) in [5, 5.41) is 11.8. The summed E-state index contributed by atoms with van der Waals surface area (Å²) in [6.07, 6.45) is 8.18. The van der Waals surface area contributed by atoms with Gasteiger partial charge < -0.3 is 15.0 Å². The number of allylic oxidation sites excluding steroid dienone is 1. The molecule has 6 nitrogen and oxygen atoms in total. The van der Waals surface area contributed by atoms with Gasteiger partial charge in [-0.3, -0.25) is 4.79 Å². The van der Waals surface area contributed by atoms with E-state index in [0.717, 1.165) is 49.8 Å². The van der Waals surface area contributed by atoms with Gasteiger partial charge >= 0.3 is 0 Å². The molecule has 0 bridgehead atoms. The predicted molar refractivity (Wildman–Crippen MR) is 114 cm³/mol. The summed E-state index contributed by atoms with van der Waals surface area (Å²) in [6, 6.07) is 11.5. The Morgan fingerprint density at radius 3 is 2.76 bits per heavy atom. The first-order valence-corrected chi connectivity index (χ1v) is 10.5. The summed E-state index contributed by atoms with van der Waals surface area (Å²) in [5.41, 5.74) is 3.79. The Morgan fingerprint density at radius 2 is 2.00 bits per heavy atom. The Morgan fingerprint density at radius 1 is 1.10 bits per heavy atom. The summed E-state index contributed by atoms with van der Waals surface area (Å²) in [6.45, 7) is 3.79. The zero-order valence-electron chi connectivity index (χ0n) is 16.8. The number of hydrogen-bond acceptors (Lipinski definition) is 5. The number of amides is 1. The van der Waals surface area contributed by atoms with E-state index in [1.54, 1.807) is 0 Å². The normalized spacial score (nSPS) is 17.0. The Labute approximate surface area is 172 Å². The minimum atomic E-state index is -0.0406. The van der Waals surface area contributed by atoms with E-state index < -0.39 is 0 Å². The first-order chi connectivity index (χ1) is 14.3. The molecule has 6 heteroatoms. The molecule has 4 rings (SSSR count). The Balaban J connectivity index is 1.37. The van der Waals surface area contributed by atoms with Crippen molar-refractivity contribution in [2.45, 2.75) is 32.1 Å². The van der Waals surface area contributed by atoms with E-state index in [1.165, 1.54) is 31.3 Å². The monoisotopic (exact) mass is 392 g/mol. The second-order valence-electron chi connectivity index (χ2n) is 7.57. The van der Waals surface area contributed by atoms with E-state index in [2.05, 4.69) is 26.5 Å². The average molecular weight is 393 g/mol. The zero-order chi connectivity index (χ0) is 19.9. The van der Waals surface area contributed by atoms with Gasteiger partial charge in [0.1, 0.15) is 0 Å². The molecular weight excluding hydrogens is 364 g/mol. The molecular formula is C23H28N4O2. The molecule has 1 amide bonds. The largest absolute Gasteiger partial charge is 0.378 e. The van der Waals surface area contributed by atoms with Crippen LogP contribution in [0.3, 0.4) is 0 Å². The molecule has 2 aliphatic rings.